The summed E-state index contributed by atoms with van der Waals surface area (Å²) >= 11 is 0. The average Bonchev–Trinajstić information content (AvgIpc) is 4.23. The average molecular weight is 816 g/mol. The van der Waals surface area contributed by atoms with Crippen LogP contribution >= 0.6 is 0 Å². The Morgan fingerprint density at radius 3 is 1.42 bits per heavy atom. The SMILES string of the molecule is CN1CCN(C(=O)C2=C(c3ccc(F)cc3)c3cc(OCC4CC4)ccc3OC2)CC1.O=C(C1=C(c2ccc(F)cc2)c2cc(OCC3CC3)ccc2OC1)N1CCCC1. The van der Waals surface area contributed by atoms with Crippen LogP contribution < -0.4 is 18.9 Å². The van der Waals surface area contributed by atoms with Crippen molar-refractivity contribution in [3.8, 4) is 23.0 Å². The minimum atomic E-state index is -0.301. The lowest BCUT2D eigenvalue weighted by molar-refractivity contribution is -0.129. The highest BCUT2D eigenvalue weighted by atomic mass is 19.1. The van der Waals surface area contributed by atoms with Gasteiger partial charge in [0.2, 0.25) is 0 Å². The molecule has 9 nitrogen and oxygen atoms in total. The molecule has 10 rings (SSSR count). The number of halogens is 2. The first-order valence-electron chi connectivity index (χ1n) is 21.3. The molecule has 0 spiro atoms. The summed E-state index contributed by atoms with van der Waals surface area (Å²) in [6.45, 7) is 6.47. The number of rotatable bonds is 10. The van der Waals surface area contributed by atoms with Crippen LogP contribution in [-0.2, 0) is 9.59 Å². The van der Waals surface area contributed by atoms with Gasteiger partial charge in [0.1, 0.15) is 47.8 Å². The van der Waals surface area contributed by atoms with Crippen molar-refractivity contribution in [1.29, 1.82) is 0 Å². The molecule has 2 aliphatic carbocycles. The van der Waals surface area contributed by atoms with Gasteiger partial charge in [-0.3, -0.25) is 9.59 Å². The van der Waals surface area contributed by atoms with E-state index < -0.39 is 0 Å². The van der Waals surface area contributed by atoms with Crippen LogP contribution in [0, 0.1) is 23.5 Å². The third kappa shape index (κ3) is 9.06. The van der Waals surface area contributed by atoms with Gasteiger partial charge in [-0.05, 0) is 129 Å². The van der Waals surface area contributed by atoms with Crippen LogP contribution in [0.3, 0.4) is 0 Å². The van der Waals surface area contributed by atoms with Gasteiger partial charge >= 0.3 is 0 Å². The fraction of sp³-hybridized carbons (Fsp3) is 0.388. The molecule has 4 fully saturated rings. The van der Waals surface area contributed by atoms with Crippen molar-refractivity contribution in [3.05, 3.63) is 130 Å². The molecule has 4 aliphatic heterocycles. The van der Waals surface area contributed by atoms with E-state index in [0.29, 0.717) is 48.4 Å². The summed E-state index contributed by atoms with van der Waals surface area (Å²) in [6.07, 6.45) is 6.95. The number of piperazine rings is 1. The van der Waals surface area contributed by atoms with Crippen molar-refractivity contribution in [2.75, 3.05) is 72.7 Å². The smallest absolute Gasteiger partial charge is 0.253 e. The quantitative estimate of drug-likeness (QED) is 0.161. The predicted molar refractivity (Wildman–Crippen MR) is 225 cm³/mol. The number of carbonyl (C=O) groups excluding carboxylic acids is 2. The van der Waals surface area contributed by atoms with E-state index in [1.165, 1.54) is 49.9 Å². The highest BCUT2D eigenvalue weighted by molar-refractivity contribution is 6.07. The molecule has 0 bridgehead atoms. The van der Waals surface area contributed by atoms with Gasteiger partial charge < -0.3 is 33.6 Å². The molecule has 2 saturated heterocycles. The van der Waals surface area contributed by atoms with Gasteiger partial charge in [0.25, 0.3) is 11.8 Å². The number of likely N-dealkylation sites (tertiary alicyclic amines) is 1. The van der Waals surface area contributed by atoms with E-state index in [9.17, 15) is 18.4 Å². The van der Waals surface area contributed by atoms with E-state index in [2.05, 4.69) is 11.9 Å². The van der Waals surface area contributed by atoms with Gasteiger partial charge in [0.15, 0.2) is 0 Å². The Hall–Kier alpha value is -5.68. The lowest BCUT2D eigenvalue weighted by Gasteiger charge is -2.34. The van der Waals surface area contributed by atoms with E-state index in [-0.39, 0.29) is 36.7 Å². The molecule has 4 heterocycles. The minimum Gasteiger partial charge on any atom is -0.493 e. The molecule has 6 aliphatic rings. The molecule has 0 unspecified atom stereocenters. The molecule has 4 aromatic rings. The Bertz CT molecular complexity index is 2290. The molecule has 312 valence electrons. The third-order valence-electron chi connectivity index (χ3n) is 12.1. The highest BCUT2D eigenvalue weighted by Crippen LogP contribution is 2.42. The molecular formula is C49H51F2N3O6. The Morgan fingerprint density at radius 1 is 0.583 bits per heavy atom. The van der Waals surface area contributed by atoms with Crippen molar-refractivity contribution >= 4 is 23.0 Å². The zero-order valence-corrected chi connectivity index (χ0v) is 34.1. The molecule has 11 heteroatoms. The first kappa shape index (κ1) is 39.8. The van der Waals surface area contributed by atoms with Crippen LogP contribution in [-0.4, -0.2) is 99.3 Å². The van der Waals surface area contributed by atoms with Gasteiger partial charge in [-0.2, -0.15) is 0 Å². The Morgan fingerprint density at radius 2 is 1.00 bits per heavy atom. The lowest BCUT2D eigenvalue weighted by atomic mass is 9.90. The second-order valence-electron chi connectivity index (χ2n) is 16.7. The van der Waals surface area contributed by atoms with Crippen LogP contribution in [0.1, 0.15) is 60.8 Å². The number of ether oxygens (including phenoxy) is 4. The number of hydrogen-bond acceptors (Lipinski definition) is 7. The number of fused-ring (bicyclic) bond motifs is 2. The summed E-state index contributed by atoms with van der Waals surface area (Å²) in [6, 6.07) is 24.2. The summed E-state index contributed by atoms with van der Waals surface area (Å²) in [5, 5.41) is 0. The zero-order chi connectivity index (χ0) is 41.2. The number of hydrogen-bond donors (Lipinski definition) is 0. The van der Waals surface area contributed by atoms with Crippen LogP contribution in [0.15, 0.2) is 96.1 Å². The standard InChI is InChI=1S/C25H27FN2O3.C24H24FNO3/c1-27-10-12-28(13-11-27)25(29)22-16-31-23-9-8-20(30-15-17-2-3-17)14-21(23)24(22)18-4-6-19(26)7-5-18;25-18-7-5-17(6-8-18)23-20-13-19(28-14-16-3-4-16)9-10-22(20)29-15-21(23)24(27)26-11-1-2-12-26/h4-9,14,17H,2-3,10-13,15-16H2,1H3;5-10,13,16H,1-4,11-12,14-15H2. The van der Waals surface area contributed by atoms with Gasteiger partial charge in [-0.1, -0.05) is 24.3 Å². The van der Waals surface area contributed by atoms with Crippen LogP contribution in [0.25, 0.3) is 11.1 Å². The fourth-order valence-corrected chi connectivity index (χ4v) is 8.15. The van der Waals surface area contributed by atoms with Crippen LogP contribution in [0.2, 0.25) is 0 Å². The van der Waals surface area contributed by atoms with Gasteiger partial charge in [-0.15, -0.1) is 0 Å². The second kappa shape index (κ2) is 17.5. The first-order valence-corrected chi connectivity index (χ1v) is 21.3. The summed E-state index contributed by atoms with van der Waals surface area (Å²) in [4.78, 5) is 32.7. The van der Waals surface area contributed by atoms with Crippen molar-refractivity contribution in [2.45, 2.75) is 38.5 Å². The van der Waals surface area contributed by atoms with E-state index in [0.717, 1.165) is 96.3 Å². The Kier molecular flexibility index (Phi) is 11.6. The van der Waals surface area contributed by atoms with Gasteiger partial charge in [0.05, 0.1) is 24.4 Å². The number of carbonyl (C=O) groups is 2. The Balaban J connectivity index is 0.000000154. The maximum absolute atomic E-state index is 13.6. The Labute approximate surface area is 350 Å². The number of amides is 2. The monoisotopic (exact) mass is 815 g/mol. The van der Waals surface area contributed by atoms with Crippen LogP contribution in [0.4, 0.5) is 8.78 Å². The molecule has 2 saturated carbocycles. The van der Waals surface area contributed by atoms with Gasteiger partial charge in [-0.25, -0.2) is 8.78 Å². The third-order valence-corrected chi connectivity index (χ3v) is 12.1. The van der Waals surface area contributed by atoms with Gasteiger partial charge in [0, 0.05) is 61.5 Å². The van der Waals surface area contributed by atoms with E-state index >= 15 is 0 Å². The van der Waals surface area contributed by atoms with E-state index in [1.54, 1.807) is 24.3 Å². The summed E-state index contributed by atoms with van der Waals surface area (Å²) in [5.74, 6) is 3.68. The van der Waals surface area contributed by atoms with Crippen LogP contribution in [0.5, 0.6) is 23.0 Å². The molecule has 0 aromatic heterocycles. The largest absolute Gasteiger partial charge is 0.493 e. The maximum atomic E-state index is 13.6. The van der Waals surface area contributed by atoms with Crippen molar-refractivity contribution in [2.24, 2.45) is 11.8 Å². The number of benzene rings is 4. The van der Waals surface area contributed by atoms with Crippen molar-refractivity contribution in [3.63, 3.8) is 0 Å². The first-order chi connectivity index (χ1) is 29.3. The molecule has 2 amide bonds. The summed E-state index contributed by atoms with van der Waals surface area (Å²) in [5.41, 5.74) is 6.15. The second-order valence-corrected chi connectivity index (χ2v) is 16.7. The number of nitrogens with zero attached hydrogens (tertiary/aromatic N) is 3. The van der Waals surface area contributed by atoms with E-state index in [4.69, 9.17) is 18.9 Å². The molecule has 0 N–H and O–H groups in total. The predicted octanol–water partition coefficient (Wildman–Crippen LogP) is 8.01. The molecule has 60 heavy (non-hydrogen) atoms. The topological polar surface area (TPSA) is 80.8 Å². The highest BCUT2D eigenvalue weighted by Gasteiger charge is 2.33. The molecule has 0 atom stereocenters. The molecule has 0 radical (unpaired) electrons. The fourth-order valence-electron chi connectivity index (χ4n) is 8.15. The van der Waals surface area contributed by atoms with Crippen molar-refractivity contribution in [1.82, 2.24) is 14.7 Å². The summed E-state index contributed by atoms with van der Waals surface area (Å²) < 4.78 is 51.1. The van der Waals surface area contributed by atoms with E-state index in [1.807, 2.05) is 46.2 Å². The molecular weight excluding hydrogens is 765 g/mol. The van der Waals surface area contributed by atoms with Crippen molar-refractivity contribution < 1.29 is 37.3 Å². The maximum Gasteiger partial charge on any atom is 0.253 e. The minimum absolute atomic E-state index is 0.0109. The normalized spacial score (nSPS) is 18.8. The zero-order valence-electron chi connectivity index (χ0n) is 34.1. The summed E-state index contributed by atoms with van der Waals surface area (Å²) in [7, 11) is 2.06. The number of likely N-dealkylation sites (N-methyl/N-ethyl adjacent to an activating group) is 1. The molecule has 4 aromatic carbocycles. The lowest BCUT2D eigenvalue weighted by Crippen LogP contribution is -2.48.